The Morgan fingerprint density at radius 1 is 1.00 bits per heavy atom. The van der Waals surface area contributed by atoms with Gasteiger partial charge in [-0.25, -0.2) is 4.39 Å². The van der Waals surface area contributed by atoms with E-state index in [0.717, 1.165) is 28.2 Å². The van der Waals surface area contributed by atoms with Crippen LogP contribution in [0.2, 0.25) is 0 Å². The lowest BCUT2D eigenvalue weighted by Crippen LogP contribution is -1.92. The molecule has 3 heteroatoms. The molecule has 0 atom stereocenters. The van der Waals surface area contributed by atoms with Gasteiger partial charge in [-0.2, -0.15) is 0 Å². The van der Waals surface area contributed by atoms with E-state index < -0.39 is 0 Å². The molecule has 22 heavy (non-hydrogen) atoms. The molecule has 0 aliphatic heterocycles. The molecule has 0 saturated heterocycles. The molecule has 2 aromatic carbocycles. The molecule has 0 amide bonds. The predicted molar refractivity (Wildman–Crippen MR) is 87.5 cm³/mol. The highest BCUT2D eigenvalue weighted by molar-refractivity contribution is 6.07. The highest BCUT2D eigenvalue weighted by atomic mass is 19.1. The second-order valence-corrected chi connectivity index (χ2v) is 5.67. The molecule has 4 rings (SSSR count). The minimum atomic E-state index is -0.216. The molecule has 0 fully saturated rings. The smallest absolute Gasteiger partial charge is 0.125 e. The third-order valence-corrected chi connectivity index (χ3v) is 4.16. The molecule has 4 aromatic rings. The first-order valence-corrected chi connectivity index (χ1v) is 7.30. The fourth-order valence-corrected chi connectivity index (χ4v) is 2.96. The van der Waals surface area contributed by atoms with E-state index >= 15 is 0 Å². The lowest BCUT2D eigenvalue weighted by Gasteiger charge is -2.05. The van der Waals surface area contributed by atoms with E-state index in [1.54, 1.807) is 6.07 Å². The number of nitrogens with one attached hydrogen (secondary N) is 1. The minimum Gasteiger partial charge on any atom is -0.354 e. The number of benzene rings is 2. The van der Waals surface area contributed by atoms with E-state index in [1.807, 2.05) is 18.5 Å². The van der Waals surface area contributed by atoms with Crippen LogP contribution in [0.4, 0.5) is 4.39 Å². The van der Waals surface area contributed by atoms with Crippen LogP contribution in [0.25, 0.3) is 21.8 Å². The summed E-state index contributed by atoms with van der Waals surface area (Å²) in [5.74, 6) is -0.216. The molecular weight excluding hydrogens is 275 g/mol. The maximum atomic E-state index is 13.4. The minimum absolute atomic E-state index is 0.216. The molecule has 0 unspecified atom stereocenters. The van der Waals surface area contributed by atoms with Crippen molar-refractivity contribution in [2.45, 2.75) is 13.3 Å². The SMILES string of the molecule is Cc1cnccc1Cc1ccc2c(c1)[nH]c1cc(F)ccc12. The summed E-state index contributed by atoms with van der Waals surface area (Å²) in [6.45, 7) is 2.08. The summed E-state index contributed by atoms with van der Waals surface area (Å²) in [7, 11) is 0. The first-order chi connectivity index (χ1) is 10.7. The Hall–Kier alpha value is -2.68. The van der Waals surface area contributed by atoms with Gasteiger partial charge in [-0.3, -0.25) is 4.98 Å². The zero-order valence-corrected chi connectivity index (χ0v) is 12.2. The number of fused-ring (bicyclic) bond motifs is 3. The lowest BCUT2D eigenvalue weighted by molar-refractivity contribution is 0.629. The molecule has 0 radical (unpaired) electrons. The number of pyridine rings is 1. The van der Waals surface area contributed by atoms with Gasteiger partial charge in [0.1, 0.15) is 5.82 Å². The Bertz CT molecular complexity index is 985. The maximum absolute atomic E-state index is 13.4. The third kappa shape index (κ3) is 2.15. The standard InChI is InChI=1S/C19H15FN2/c1-12-11-21-7-6-14(12)8-13-2-4-16-17-5-3-15(20)10-19(17)22-18(16)9-13/h2-7,9-11,22H,8H2,1H3. The van der Waals surface area contributed by atoms with Crippen LogP contribution in [0.5, 0.6) is 0 Å². The van der Waals surface area contributed by atoms with Crippen LogP contribution in [-0.4, -0.2) is 9.97 Å². The molecule has 2 heterocycles. The first kappa shape index (κ1) is 13.0. The Kier molecular flexibility index (Phi) is 2.93. The Morgan fingerprint density at radius 3 is 2.59 bits per heavy atom. The average Bonchev–Trinajstić information content (AvgIpc) is 2.86. The van der Waals surface area contributed by atoms with Crippen LogP contribution >= 0.6 is 0 Å². The van der Waals surface area contributed by atoms with E-state index in [4.69, 9.17) is 0 Å². The molecule has 0 aliphatic rings. The molecule has 0 spiro atoms. The first-order valence-electron chi connectivity index (χ1n) is 7.30. The fourth-order valence-electron chi connectivity index (χ4n) is 2.96. The zero-order valence-electron chi connectivity index (χ0n) is 12.2. The number of hydrogen-bond acceptors (Lipinski definition) is 1. The van der Waals surface area contributed by atoms with Gasteiger partial charge in [0.15, 0.2) is 0 Å². The van der Waals surface area contributed by atoms with E-state index in [-0.39, 0.29) is 5.82 Å². The van der Waals surface area contributed by atoms with Crippen molar-refractivity contribution in [1.29, 1.82) is 0 Å². The number of rotatable bonds is 2. The van der Waals surface area contributed by atoms with Gasteiger partial charge < -0.3 is 4.98 Å². The van der Waals surface area contributed by atoms with E-state index in [9.17, 15) is 4.39 Å². The Morgan fingerprint density at radius 2 is 1.77 bits per heavy atom. The summed E-state index contributed by atoms with van der Waals surface area (Å²) in [6.07, 6.45) is 4.58. The van der Waals surface area contributed by atoms with Gasteiger partial charge in [-0.05, 0) is 60.4 Å². The molecule has 0 saturated carbocycles. The van der Waals surface area contributed by atoms with Gasteiger partial charge in [0.25, 0.3) is 0 Å². The average molecular weight is 290 g/mol. The second kappa shape index (κ2) is 4.95. The zero-order chi connectivity index (χ0) is 15.1. The summed E-state index contributed by atoms with van der Waals surface area (Å²) in [5.41, 5.74) is 5.59. The number of hydrogen-bond donors (Lipinski definition) is 1. The fraction of sp³-hybridized carbons (Fsp3) is 0.105. The maximum Gasteiger partial charge on any atom is 0.125 e. The molecular formula is C19H15FN2. The number of H-pyrrole nitrogens is 1. The van der Waals surface area contributed by atoms with Crippen molar-refractivity contribution in [1.82, 2.24) is 9.97 Å². The second-order valence-electron chi connectivity index (χ2n) is 5.67. The number of aromatic nitrogens is 2. The van der Waals surface area contributed by atoms with Crippen LogP contribution in [0, 0.1) is 12.7 Å². The molecule has 1 N–H and O–H groups in total. The summed E-state index contributed by atoms with van der Waals surface area (Å²) >= 11 is 0. The van der Waals surface area contributed by atoms with Crippen molar-refractivity contribution in [3.63, 3.8) is 0 Å². The van der Waals surface area contributed by atoms with Gasteiger partial charge in [-0.15, -0.1) is 0 Å². The normalized spacial score (nSPS) is 11.4. The van der Waals surface area contributed by atoms with E-state index in [2.05, 4.69) is 41.2 Å². The predicted octanol–water partition coefficient (Wildman–Crippen LogP) is 4.75. The van der Waals surface area contributed by atoms with Crippen LogP contribution < -0.4 is 0 Å². The van der Waals surface area contributed by atoms with Crippen molar-refractivity contribution < 1.29 is 4.39 Å². The highest BCUT2D eigenvalue weighted by Crippen LogP contribution is 2.27. The van der Waals surface area contributed by atoms with Crippen LogP contribution in [0.3, 0.4) is 0 Å². The van der Waals surface area contributed by atoms with Crippen LogP contribution in [0.1, 0.15) is 16.7 Å². The Balaban J connectivity index is 1.80. The lowest BCUT2D eigenvalue weighted by atomic mass is 10.0. The van der Waals surface area contributed by atoms with Gasteiger partial charge in [0.05, 0.1) is 0 Å². The van der Waals surface area contributed by atoms with Gasteiger partial charge in [0, 0.05) is 34.2 Å². The van der Waals surface area contributed by atoms with E-state index in [0.29, 0.717) is 0 Å². The van der Waals surface area contributed by atoms with Gasteiger partial charge in [0.2, 0.25) is 0 Å². The summed E-state index contributed by atoms with van der Waals surface area (Å²) in [4.78, 5) is 7.44. The van der Waals surface area contributed by atoms with Crippen molar-refractivity contribution in [2.24, 2.45) is 0 Å². The number of aryl methyl sites for hydroxylation is 1. The number of nitrogens with zero attached hydrogens (tertiary/aromatic N) is 1. The van der Waals surface area contributed by atoms with Crippen LogP contribution in [0.15, 0.2) is 54.9 Å². The van der Waals surface area contributed by atoms with Gasteiger partial charge >= 0.3 is 0 Å². The largest absolute Gasteiger partial charge is 0.354 e. The molecule has 108 valence electrons. The molecule has 0 aliphatic carbocycles. The van der Waals surface area contributed by atoms with Crippen molar-refractivity contribution in [3.8, 4) is 0 Å². The van der Waals surface area contributed by atoms with E-state index in [1.165, 1.54) is 22.8 Å². The van der Waals surface area contributed by atoms with Gasteiger partial charge in [-0.1, -0.05) is 12.1 Å². The molecule has 2 aromatic heterocycles. The number of halogens is 1. The van der Waals surface area contributed by atoms with Crippen molar-refractivity contribution in [3.05, 3.63) is 77.4 Å². The number of aromatic amines is 1. The van der Waals surface area contributed by atoms with Crippen molar-refractivity contribution in [2.75, 3.05) is 0 Å². The summed E-state index contributed by atoms with van der Waals surface area (Å²) in [5, 5.41) is 2.19. The summed E-state index contributed by atoms with van der Waals surface area (Å²) < 4.78 is 13.4. The van der Waals surface area contributed by atoms with Crippen molar-refractivity contribution >= 4 is 21.8 Å². The topological polar surface area (TPSA) is 28.7 Å². The highest BCUT2D eigenvalue weighted by Gasteiger charge is 2.07. The molecule has 2 nitrogen and oxygen atoms in total. The Labute approximate surface area is 127 Å². The molecule has 0 bridgehead atoms. The third-order valence-electron chi connectivity index (χ3n) is 4.16. The quantitative estimate of drug-likeness (QED) is 0.567. The van der Waals surface area contributed by atoms with Crippen LogP contribution in [-0.2, 0) is 6.42 Å². The monoisotopic (exact) mass is 290 g/mol. The summed E-state index contributed by atoms with van der Waals surface area (Å²) in [6, 6.07) is 13.3.